The van der Waals surface area contributed by atoms with Gasteiger partial charge in [-0.15, -0.1) is 0 Å². The van der Waals surface area contributed by atoms with E-state index in [1.165, 1.54) is 24.0 Å². The smallest absolute Gasteiger partial charge is 0.124 e. The van der Waals surface area contributed by atoms with Crippen molar-refractivity contribution in [1.82, 2.24) is 30.6 Å². The van der Waals surface area contributed by atoms with Crippen molar-refractivity contribution in [2.24, 2.45) is 11.8 Å². The summed E-state index contributed by atoms with van der Waals surface area (Å²) in [6.07, 6.45) is 5.63. The number of nitrogens with zero attached hydrogens (tertiary/aromatic N) is 2. The second-order valence-corrected chi connectivity index (χ2v) is 11.2. The molecule has 6 heteroatoms. The average Bonchev–Trinajstić information content (AvgIpc) is 3.35. The van der Waals surface area contributed by atoms with Crippen molar-refractivity contribution in [2.75, 3.05) is 0 Å². The highest BCUT2D eigenvalue weighted by Crippen LogP contribution is 2.45. The Morgan fingerprint density at radius 1 is 0.722 bits per heavy atom. The number of imidazole rings is 2. The van der Waals surface area contributed by atoms with E-state index >= 15 is 0 Å². The third kappa shape index (κ3) is 3.89. The Morgan fingerprint density at radius 2 is 1.39 bits per heavy atom. The highest BCUT2D eigenvalue weighted by Gasteiger charge is 2.46. The molecule has 0 radical (unpaired) electrons. The lowest BCUT2D eigenvalue weighted by Crippen LogP contribution is -2.24. The Morgan fingerprint density at radius 3 is 2.03 bits per heavy atom. The second kappa shape index (κ2) is 8.43. The first-order valence-corrected chi connectivity index (χ1v) is 13.4. The van der Waals surface area contributed by atoms with Crippen molar-refractivity contribution in [2.45, 2.75) is 64.2 Å². The van der Waals surface area contributed by atoms with Gasteiger partial charge >= 0.3 is 0 Å². The number of fused-ring (bicyclic) bond motifs is 1. The van der Waals surface area contributed by atoms with Gasteiger partial charge in [-0.05, 0) is 61.6 Å². The van der Waals surface area contributed by atoms with Gasteiger partial charge in [-0.25, -0.2) is 9.97 Å². The molecule has 184 valence electrons. The summed E-state index contributed by atoms with van der Waals surface area (Å²) in [4.78, 5) is 16.7. The zero-order valence-electron chi connectivity index (χ0n) is 21.2. The molecular formula is C30H34N6. The Kier molecular flexibility index (Phi) is 5.15. The normalized spacial score (nSPS) is 29.0. The van der Waals surface area contributed by atoms with Gasteiger partial charge in [0.1, 0.15) is 11.6 Å². The van der Waals surface area contributed by atoms with E-state index in [0.29, 0.717) is 24.0 Å². The van der Waals surface area contributed by atoms with Crippen LogP contribution < -0.4 is 10.6 Å². The van der Waals surface area contributed by atoms with E-state index in [1.54, 1.807) is 0 Å². The maximum Gasteiger partial charge on any atom is 0.124 e. The monoisotopic (exact) mass is 478 g/mol. The summed E-state index contributed by atoms with van der Waals surface area (Å²) in [5.41, 5.74) is 8.00. The molecule has 1 saturated carbocycles. The van der Waals surface area contributed by atoms with E-state index < -0.39 is 0 Å². The summed E-state index contributed by atoms with van der Waals surface area (Å²) in [7, 11) is 0. The van der Waals surface area contributed by atoms with E-state index in [4.69, 9.17) is 4.98 Å². The van der Waals surface area contributed by atoms with Crippen molar-refractivity contribution < 1.29 is 0 Å². The van der Waals surface area contributed by atoms with E-state index in [1.807, 2.05) is 6.20 Å². The first-order valence-electron chi connectivity index (χ1n) is 13.4. The topological polar surface area (TPSA) is 81.4 Å². The quantitative estimate of drug-likeness (QED) is 0.287. The maximum atomic E-state index is 4.97. The summed E-state index contributed by atoms with van der Waals surface area (Å²) in [6.45, 7) is 6.68. The zero-order chi connectivity index (χ0) is 24.4. The molecule has 1 aliphatic carbocycles. The highest BCUT2D eigenvalue weighted by molar-refractivity contribution is 5.72. The summed E-state index contributed by atoms with van der Waals surface area (Å²) in [6, 6.07) is 19.5. The molecule has 4 aromatic rings. The van der Waals surface area contributed by atoms with Gasteiger partial charge in [0.25, 0.3) is 0 Å². The van der Waals surface area contributed by atoms with Crippen LogP contribution in [0.3, 0.4) is 0 Å². The molecule has 2 aliphatic heterocycles. The minimum absolute atomic E-state index is 0.316. The number of nitrogens with one attached hydrogen (secondary N) is 4. The Bertz CT molecular complexity index is 1360. The predicted molar refractivity (Wildman–Crippen MR) is 143 cm³/mol. The number of rotatable bonds is 5. The zero-order valence-corrected chi connectivity index (χ0v) is 21.2. The van der Waals surface area contributed by atoms with Crippen LogP contribution in [-0.2, 0) is 0 Å². The second-order valence-electron chi connectivity index (χ2n) is 11.2. The van der Waals surface area contributed by atoms with Gasteiger partial charge in [0, 0.05) is 23.3 Å². The van der Waals surface area contributed by atoms with Gasteiger partial charge in [0.15, 0.2) is 0 Å². The van der Waals surface area contributed by atoms with Crippen molar-refractivity contribution in [3.63, 3.8) is 0 Å². The number of benzene rings is 2. The van der Waals surface area contributed by atoms with E-state index in [-0.39, 0.29) is 0 Å². The van der Waals surface area contributed by atoms with Gasteiger partial charge in [0.05, 0.1) is 29.7 Å². The molecule has 2 aromatic carbocycles. The molecule has 6 atom stereocenters. The number of aromatic amines is 2. The van der Waals surface area contributed by atoms with Crippen molar-refractivity contribution in [1.29, 1.82) is 0 Å². The lowest BCUT2D eigenvalue weighted by molar-refractivity contribution is 0.516. The third-order valence-electron chi connectivity index (χ3n) is 8.65. The molecule has 2 unspecified atom stereocenters. The summed E-state index contributed by atoms with van der Waals surface area (Å²) >= 11 is 0. The average molecular weight is 479 g/mol. The largest absolute Gasteiger partial charge is 0.344 e. The van der Waals surface area contributed by atoms with E-state index in [0.717, 1.165) is 58.2 Å². The number of hydrogen-bond donors (Lipinski definition) is 4. The molecule has 2 saturated heterocycles. The molecule has 2 aromatic heterocycles. The number of aryl methyl sites for hydroxylation is 1. The van der Waals surface area contributed by atoms with Crippen LogP contribution in [0.2, 0.25) is 0 Å². The third-order valence-corrected chi connectivity index (χ3v) is 8.65. The minimum atomic E-state index is 0.316. The van der Waals surface area contributed by atoms with Crippen LogP contribution in [0.5, 0.6) is 0 Å². The molecule has 3 fully saturated rings. The fourth-order valence-electron chi connectivity index (χ4n) is 6.10. The number of H-pyrrole nitrogens is 2. The van der Waals surface area contributed by atoms with Crippen LogP contribution in [0.25, 0.3) is 33.6 Å². The fraction of sp³-hybridized carbons (Fsp3) is 0.400. The van der Waals surface area contributed by atoms with Crippen molar-refractivity contribution in [3.8, 4) is 33.6 Å². The fourth-order valence-corrected chi connectivity index (χ4v) is 6.10. The molecule has 4 heterocycles. The van der Waals surface area contributed by atoms with Gasteiger partial charge < -0.3 is 20.6 Å². The van der Waals surface area contributed by atoms with E-state index in [2.05, 4.69) is 94.9 Å². The van der Waals surface area contributed by atoms with Crippen LogP contribution in [0.4, 0.5) is 0 Å². The van der Waals surface area contributed by atoms with Crippen LogP contribution in [0.1, 0.15) is 62.5 Å². The Labute approximate surface area is 212 Å². The minimum Gasteiger partial charge on any atom is -0.344 e. The Hall–Kier alpha value is -3.22. The van der Waals surface area contributed by atoms with Crippen LogP contribution in [0, 0.1) is 18.8 Å². The van der Waals surface area contributed by atoms with Gasteiger partial charge in [-0.1, -0.05) is 55.5 Å². The molecular weight excluding hydrogens is 444 g/mol. The highest BCUT2D eigenvalue weighted by atomic mass is 15.1. The predicted octanol–water partition coefficient (Wildman–Crippen LogP) is 5.92. The molecule has 6 nitrogen and oxygen atoms in total. The lowest BCUT2D eigenvalue weighted by Gasteiger charge is -2.09. The van der Waals surface area contributed by atoms with Crippen LogP contribution >= 0.6 is 0 Å². The maximum absolute atomic E-state index is 4.97. The van der Waals surface area contributed by atoms with Gasteiger partial charge in [-0.3, -0.25) is 0 Å². The summed E-state index contributed by atoms with van der Waals surface area (Å²) in [5, 5.41) is 7.35. The Balaban J connectivity index is 1.06. The molecule has 36 heavy (non-hydrogen) atoms. The molecule has 0 amide bonds. The standard InChI is InChI=1S/C30H34N6/c1-16-12-25(32-17(16)2)29-31-15-27(35-29)21-8-4-19(5-9-21)20-6-10-22(11-7-20)28-18(3)33-30(36-28)26-14-23-13-24(23)34-26/h4-11,15-17,23-26,32,34H,12-14H2,1-3H3,(H,31,35)(H,33,36)/t16-,17-,23?,24?,25+,26+/m1/s1. The lowest BCUT2D eigenvalue weighted by atomic mass is 10.0. The summed E-state index contributed by atoms with van der Waals surface area (Å²) < 4.78 is 0. The molecule has 0 bridgehead atoms. The van der Waals surface area contributed by atoms with Gasteiger partial charge in [-0.2, -0.15) is 0 Å². The van der Waals surface area contributed by atoms with E-state index in [9.17, 15) is 0 Å². The van der Waals surface area contributed by atoms with Crippen molar-refractivity contribution >= 4 is 0 Å². The SMILES string of the molecule is Cc1[nH]c([C@@H]2CC3CC3N2)nc1-c1ccc(-c2ccc(-c3cnc([C@@H]4C[C@@H](C)[C@@H](C)N4)[nH]3)cc2)cc1. The number of piperidine rings is 1. The molecule has 3 aliphatic rings. The first-order chi connectivity index (χ1) is 17.5. The molecule has 4 N–H and O–H groups in total. The molecule has 0 spiro atoms. The summed E-state index contributed by atoms with van der Waals surface area (Å²) in [5.74, 6) is 3.66. The number of aromatic nitrogens is 4. The van der Waals surface area contributed by atoms with Crippen molar-refractivity contribution in [3.05, 3.63) is 72.1 Å². The van der Waals surface area contributed by atoms with Crippen LogP contribution in [-0.4, -0.2) is 32.0 Å². The number of hydrogen-bond acceptors (Lipinski definition) is 4. The van der Waals surface area contributed by atoms with Crippen LogP contribution in [0.15, 0.2) is 54.7 Å². The molecule has 7 rings (SSSR count). The van der Waals surface area contributed by atoms with Gasteiger partial charge in [0.2, 0.25) is 0 Å². The first kappa shape index (κ1) is 22.0.